The maximum absolute atomic E-state index is 13.1. The molecule has 0 unspecified atom stereocenters. The molecule has 0 bridgehead atoms. The Morgan fingerprint density at radius 2 is 1.64 bits per heavy atom. The molecule has 10 nitrogen and oxygen atoms in total. The van der Waals surface area contributed by atoms with Crippen molar-refractivity contribution in [3.63, 3.8) is 0 Å². The SMILES string of the molecule is COc1nc(-c2cccc(-c3cccc(Nc4nccc5c4c(=O)n(C)c(=O)n5C)c3Cl)c2Cl)ccc1CNC1CCOCC1. The largest absolute Gasteiger partial charge is 0.481 e. The minimum absolute atomic E-state index is 0.273. The van der Waals surface area contributed by atoms with Crippen LogP contribution < -0.4 is 26.6 Å². The minimum atomic E-state index is -0.458. The van der Waals surface area contributed by atoms with Crippen molar-refractivity contribution in [3.8, 4) is 28.3 Å². The van der Waals surface area contributed by atoms with Gasteiger partial charge in [0.25, 0.3) is 5.56 Å². The summed E-state index contributed by atoms with van der Waals surface area (Å²) in [6.07, 6.45) is 3.50. The van der Waals surface area contributed by atoms with Gasteiger partial charge in [-0.25, -0.2) is 14.8 Å². The number of hydrogen-bond donors (Lipinski definition) is 2. The van der Waals surface area contributed by atoms with Crippen molar-refractivity contribution in [3.05, 3.63) is 97.2 Å². The summed E-state index contributed by atoms with van der Waals surface area (Å²) in [5.74, 6) is 0.814. The first kappa shape index (κ1) is 30.8. The zero-order valence-electron chi connectivity index (χ0n) is 25.1. The van der Waals surface area contributed by atoms with Crippen LogP contribution in [0.1, 0.15) is 18.4 Å². The highest BCUT2D eigenvalue weighted by atomic mass is 35.5. The van der Waals surface area contributed by atoms with E-state index >= 15 is 0 Å². The standard InChI is InChI=1S/C33H32Cl2N6O4/c1-40-26-12-15-36-30(27(26)32(42)41(2)33(40)43)38-25-9-5-7-22(29(25)35)21-6-4-8-23(28(21)34)24-11-10-19(31(39-24)44-3)18-37-20-13-16-45-17-14-20/h4-12,15,20,37H,13-14,16-18H2,1-3H3,(H,36,38). The third-order valence-electron chi connectivity index (χ3n) is 8.13. The molecule has 0 aliphatic carbocycles. The molecule has 5 aromatic rings. The van der Waals surface area contributed by atoms with Gasteiger partial charge in [-0.05, 0) is 31.0 Å². The molecule has 4 heterocycles. The van der Waals surface area contributed by atoms with Crippen molar-refractivity contribution in [1.29, 1.82) is 0 Å². The van der Waals surface area contributed by atoms with Crippen molar-refractivity contribution >= 4 is 45.6 Å². The molecule has 0 spiro atoms. The molecule has 12 heteroatoms. The third kappa shape index (κ3) is 5.94. The van der Waals surface area contributed by atoms with Gasteiger partial charge in [0, 0.05) is 68.3 Å². The number of aryl methyl sites for hydroxylation is 1. The zero-order valence-corrected chi connectivity index (χ0v) is 26.6. The highest BCUT2D eigenvalue weighted by Gasteiger charge is 2.19. The molecular formula is C33H32Cl2N6O4. The molecule has 2 aromatic carbocycles. The molecule has 2 N–H and O–H groups in total. The summed E-state index contributed by atoms with van der Waals surface area (Å²) in [5, 5.41) is 7.92. The van der Waals surface area contributed by atoms with E-state index in [1.807, 2.05) is 42.5 Å². The predicted molar refractivity (Wildman–Crippen MR) is 178 cm³/mol. The van der Waals surface area contributed by atoms with E-state index in [-0.39, 0.29) is 11.2 Å². The number of ether oxygens (including phenoxy) is 2. The van der Waals surface area contributed by atoms with Crippen molar-refractivity contribution in [2.75, 3.05) is 25.6 Å². The van der Waals surface area contributed by atoms with Crippen LogP contribution in [-0.4, -0.2) is 45.5 Å². The molecule has 6 rings (SSSR count). The Morgan fingerprint density at radius 3 is 2.40 bits per heavy atom. The number of pyridine rings is 2. The van der Waals surface area contributed by atoms with E-state index in [4.69, 9.17) is 37.7 Å². The lowest BCUT2D eigenvalue weighted by atomic mass is 10.00. The van der Waals surface area contributed by atoms with Crippen LogP contribution in [0.25, 0.3) is 33.3 Å². The van der Waals surface area contributed by atoms with Gasteiger partial charge in [0.2, 0.25) is 5.88 Å². The summed E-state index contributed by atoms with van der Waals surface area (Å²) in [6, 6.07) is 17.2. The van der Waals surface area contributed by atoms with Crippen molar-refractivity contribution in [2.45, 2.75) is 25.4 Å². The molecule has 0 radical (unpaired) electrons. The average Bonchev–Trinajstić information content (AvgIpc) is 3.07. The fourth-order valence-electron chi connectivity index (χ4n) is 5.61. The highest BCUT2D eigenvalue weighted by molar-refractivity contribution is 6.39. The maximum Gasteiger partial charge on any atom is 0.330 e. The smallest absolute Gasteiger partial charge is 0.330 e. The summed E-state index contributed by atoms with van der Waals surface area (Å²) in [7, 11) is 4.66. The van der Waals surface area contributed by atoms with Gasteiger partial charge in [0.1, 0.15) is 11.2 Å². The van der Waals surface area contributed by atoms with Gasteiger partial charge in [-0.3, -0.25) is 13.9 Å². The predicted octanol–water partition coefficient (Wildman–Crippen LogP) is 5.69. The summed E-state index contributed by atoms with van der Waals surface area (Å²) < 4.78 is 13.6. The van der Waals surface area contributed by atoms with E-state index in [0.29, 0.717) is 56.5 Å². The van der Waals surface area contributed by atoms with Crippen LogP contribution in [0.3, 0.4) is 0 Å². The number of methoxy groups -OCH3 is 1. The Hall–Kier alpha value is -4.22. The number of halogens is 2. The normalized spacial score (nSPS) is 13.7. The molecule has 0 atom stereocenters. The second-order valence-corrected chi connectivity index (χ2v) is 11.6. The third-order valence-corrected chi connectivity index (χ3v) is 8.95. The topological polar surface area (TPSA) is 112 Å². The lowest BCUT2D eigenvalue weighted by Gasteiger charge is -2.23. The first-order valence-electron chi connectivity index (χ1n) is 14.5. The molecule has 0 amide bonds. The molecule has 1 aliphatic heterocycles. The number of aromatic nitrogens is 4. The van der Waals surface area contributed by atoms with Crippen LogP contribution >= 0.6 is 23.2 Å². The van der Waals surface area contributed by atoms with Gasteiger partial charge in [0.05, 0.1) is 34.1 Å². The molecule has 1 fully saturated rings. The second kappa shape index (κ2) is 13.0. The van der Waals surface area contributed by atoms with Gasteiger partial charge in [-0.1, -0.05) is 59.6 Å². The van der Waals surface area contributed by atoms with E-state index in [1.165, 1.54) is 17.8 Å². The van der Waals surface area contributed by atoms with E-state index in [9.17, 15) is 9.59 Å². The lowest BCUT2D eigenvalue weighted by molar-refractivity contribution is 0.0775. The first-order valence-corrected chi connectivity index (χ1v) is 15.3. The average molecular weight is 648 g/mol. The molecule has 1 aliphatic rings. The van der Waals surface area contributed by atoms with E-state index in [2.05, 4.69) is 15.6 Å². The fourth-order valence-corrected chi connectivity index (χ4v) is 6.21. The van der Waals surface area contributed by atoms with E-state index in [1.54, 1.807) is 26.3 Å². The van der Waals surface area contributed by atoms with Crippen LogP contribution in [0.2, 0.25) is 10.0 Å². The van der Waals surface area contributed by atoms with E-state index < -0.39 is 11.2 Å². The van der Waals surface area contributed by atoms with Crippen molar-refractivity contribution < 1.29 is 9.47 Å². The second-order valence-electron chi connectivity index (χ2n) is 10.9. The van der Waals surface area contributed by atoms with Gasteiger partial charge in [-0.2, -0.15) is 0 Å². The number of hydrogen-bond acceptors (Lipinski definition) is 8. The Bertz CT molecular complexity index is 2020. The number of rotatable bonds is 8. The molecule has 0 saturated carbocycles. The summed E-state index contributed by atoms with van der Waals surface area (Å²) in [5.41, 5.74) is 3.83. The minimum Gasteiger partial charge on any atom is -0.481 e. The van der Waals surface area contributed by atoms with Crippen LogP contribution in [0, 0.1) is 0 Å². The van der Waals surface area contributed by atoms with Crippen molar-refractivity contribution in [2.24, 2.45) is 14.1 Å². The van der Waals surface area contributed by atoms with Gasteiger partial charge >= 0.3 is 5.69 Å². The lowest BCUT2D eigenvalue weighted by Crippen LogP contribution is -2.37. The van der Waals surface area contributed by atoms with Crippen LogP contribution in [0.4, 0.5) is 11.5 Å². The first-order chi connectivity index (χ1) is 21.8. The Balaban J connectivity index is 1.33. The van der Waals surface area contributed by atoms with Gasteiger partial charge < -0.3 is 20.1 Å². The van der Waals surface area contributed by atoms with Gasteiger partial charge in [-0.15, -0.1) is 0 Å². The quantitative estimate of drug-likeness (QED) is 0.221. The Kier molecular flexibility index (Phi) is 8.91. The summed E-state index contributed by atoms with van der Waals surface area (Å²) in [6.45, 7) is 2.18. The summed E-state index contributed by atoms with van der Waals surface area (Å²) >= 11 is 14.0. The van der Waals surface area contributed by atoms with E-state index in [0.717, 1.165) is 41.7 Å². The molecule has 1 saturated heterocycles. The summed E-state index contributed by atoms with van der Waals surface area (Å²) in [4.78, 5) is 34.7. The Morgan fingerprint density at radius 1 is 0.933 bits per heavy atom. The number of nitrogens with one attached hydrogen (secondary N) is 2. The molecule has 232 valence electrons. The number of fused-ring (bicyclic) bond motifs is 1. The number of benzene rings is 2. The Labute approximate surface area is 269 Å². The number of nitrogens with zero attached hydrogens (tertiary/aromatic N) is 4. The van der Waals surface area contributed by atoms with Crippen LogP contribution in [0.5, 0.6) is 5.88 Å². The fraction of sp³-hybridized carbons (Fsp3) is 0.273. The highest BCUT2D eigenvalue weighted by Crippen LogP contribution is 2.42. The number of anilines is 2. The molecule has 45 heavy (non-hydrogen) atoms. The van der Waals surface area contributed by atoms with Crippen molar-refractivity contribution in [1.82, 2.24) is 24.4 Å². The van der Waals surface area contributed by atoms with Crippen LogP contribution in [0.15, 0.2) is 70.4 Å². The monoisotopic (exact) mass is 646 g/mol. The molecule has 3 aromatic heterocycles. The van der Waals surface area contributed by atoms with Crippen LogP contribution in [-0.2, 0) is 25.4 Å². The maximum atomic E-state index is 13.1. The molecular weight excluding hydrogens is 615 g/mol. The van der Waals surface area contributed by atoms with Gasteiger partial charge in [0.15, 0.2) is 0 Å². The zero-order chi connectivity index (χ0) is 31.7.